The number of aliphatic carboxylic acids is 1. The first-order chi connectivity index (χ1) is 6.66. The summed E-state index contributed by atoms with van der Waals surface area (Å²) in [6, 6.07) is -0.811. The van der Waals surface area contributed by atoms with E-state index in [1.54, 1.807) is 0 Å². The maximum absolute atomic E-state index is 10.5. The highest BCUT2D eigenvalue weighted by atomic mass is 32.2. The second-order valence-corrected chi connectivity index (χ2v) is 4.30. The number of fused-ring (bicyclic) bond motifs is 1. The second-order valence-electron chi connectivity index (χ2n) is 3.20. The number of rotatable bonds is 3. The SMILES string of the molecule is NC(CC1=CN2CCN=C2S1)C(=O)O. The Kier molecular flexibility index (Phi) is 2.47. The van der Waals surface area contributed by atoms with Gasteiger partial charge in [-0.05, 0) is 0 Å². The van der Waals surface area contributed by atoms with E-state index in [0.717, 1.165) is 23.2 Å². The van der Waals surface area contributed by atoms with Crippen LogP contribution in [0, 0.1) is 0 Å². The van der Waals surface area contributed by atoms with E-state index in [9.17, 15) is 4.79 Å². The van der Waals surface area contributed by atoms with Crippen LogP contribution in [0.5, 0.6) is 0 Å². The number of carbonyl (C=O) groups is 1. The van der Waals surface area contributed by atoms with E-state index < -0.39 is 12.0 Å². The third kappa shape index (κ3) is 1.76. The molecule has 6 heteroatoms. The summed E-state index contributed by atoms with van der Waals surface area (Å²) < 4.78 is 0. The van der Waals surface area contributed by atoms with Crippen molar-refractivity contribution in [3.63, 3.8) is 0 Å². The summed E-state index contributed by atoms with van der Waals surface area (Å²) in [4.78, 5) is 17.8. The smallest absolute Gasteiger partial charge is 0.320 e. The Morgan fingerprint density at radius 1 is 1.86 bits per heavy atom. The second kappa shape index (κ2) is 3.62. The van der Waals surface area contributed by atoms with Gasteiger partial charge in [0.25, 0.3) is 0 Å². The van der Waals surface area contributed by atoms with Crippen molar-refractivity contribution in [1.29, 1.82) is 0 Å². The molecule has 2 aliphatic rings. The Balaban J connectivity index is 1.95. The normalized spacial score (nSPS) is 21.6. The molecular formula is C8H11N3O2S. The molecular weight excluding hydrogens is 202 g/mol. The lowest BCUT2D eigenvalue weighted by Crippen LogP contribution is -2.29. The quantitative estimate of drug-likeness (QED) is 0.692. The van der Waals surface area contributed by atoms with Gasteiger partial charge in [0.05, 0.1) is 6.54 Å². The summed E-state index contributed by atoms with van der Waals surface area (Å²) in [6.45, 7) is 1.73. The highest BCUT2D eigenvalue weighted by Gasteiger charge is 2.26. The molecule has 0 radical (unpaired) electrons. The lowest BCUT2D eigenvalue weighted by molar-refractivity contribution is -0.138. The minimum atomic E-state index is -0.958. The number of carboxylic acid groups (broad SMARTS) is 1. The zero-order valence-corrected chi connectivity index (χ0v) is 8.33. The van der Waals surface area contributed by atoms with Gasteiger partial charge in [0.1, 0.15) is 6.04 Å². The predicted molar refractivity (Wildman–Crippen MR) is 54.9 cm³/mol. The molecule has 1 unspecified atom stereocenters. The molecule has 2 rings (SSSR count). The van der Waals surface area contributed by atoms with Gasteiger partial charge in [-0.3, -0.25) is 9.79 Å². The first-order valence-corrected chi connectivity index (χ1v) is 5.16. The van der Waals surface area contributed by atoms with E-state index in [2.05, 4.69) is 4.99 Å². The van der Waals surface area contributed by atoms with Gasteiger partial charge < -0.3 is 15.7 Å². The lowest BCUT2D eigenvalue weighted by Gasteiger charge is -2.04. The van der Waals surface area contributed by atoms with Crippen molar-refractivity contribution in [2.24, 2.45) is 10.7 Å². The van der Waals surface area contributed by atoms with Crippen LogP contribution in [-0.2, 0) is 4.79 Å². The van der Waals surface area contributed by atoms with E-state index in [-0.39, 0.29) is 0 Å². The summed E-state index contributed by atoms with van der Waals surface area (Å²) in [6.07, 6.45) is 2.33. The Labute approximate surface area is 85.7 Å². The van der Waals surface area contributed by atoms with Gasteiger partial charge in [0.2, 0.25) is 0 Å². The monoisotopic (exact) mass is 213 g/mol. The van der Waals surface area contributed by atoms with Gasteiger partial charge in [-0.15, -0.1) is 0 Å². The van der Waals surface area contributed by atoms with Gasteiger partial charge >= 0.3 is 5.97 Å². The van der Waals surface area contributed by atoms with Gasteiger partial charge in [-0.1, -0.05) is 11.8 Å². The molecule has 0 bridgehead atoms. The fourth-order valence-corrected chi connectivity index (χ4v) is 2.46. The van der Waals surface area contributed by atoms with Crippen LogP contribution in [0.4, 0.5) is 0 Å². The fourth-order valence-electron chi connectivity index (χ4n) is 1.37. The Hall–Kier alpha value is -1.01. The van der Waals surface area contributed by atoms with Gasteiger partial charge in [-0.25, -0.2) is 0 Å². The minimum Gasteiger partial charge on any atom is -0.480 e. The van der Waals surface area contributed by atoms with Crippen LogP contribution in [0.25, 0.3) is 0 Å². The number of nitrogens with zero attached hydrogens (tertiary/aromatic N) is 2. The molecule has 0 aromatic heterocycles. The summed E-state index contributed by atoms with van der Waals surface area (Å²) in [5, 5.41) is 9.61. The first-order valence-electron chi connectivity index (χ1n) is 4.35. The molecule has 14 heavy (non-hydrogen) atoms. The third-order valence-electron chi connectivity index (χ3n) is 2.09. The lowest BCUT2D eigenvalue weighted by atomic mass is 10.2. The molecule has 2 aliphatic heterocycles. The van der Waals surface area contributed by atoms with E-state index >= 15 is 0 Å². The number of hydrogen-bond donors (Lipinski definition) is 2. The van der Waals surface area contributed by atoms with Crippen LogP contribution in [0.1, 0.15) is 6.42 Å². The van der Waals surface area contributed by atoms with Crippen molar-refractivity contribution in [1.82, 2.24) is 4.90 Å². The number of amidine groups is 1. The zero-order chi connectivity index (χ0) is 10.1. The predicted octanol–water partition coefficient (Wildman–Crippen LogP) is 0.0482. The van der Waals surface area contributed by atoms with Crippen molar-refractivity contribution in [3.8, 4) is 0 Å². The summed E-state index contributed by atoms with van der Waals surface area (Å²) >= 11 is 1.52. The van der Waals surface area contributed by atoms with Crippen molar-refractivity contribution < 1.29 is 9.90 Å². The van der Waals surface area contributed by atoms with E-state index in [1.165, 1.54) is 11.8 Å². The molecule has 76 valence electrons. The molecule has 2 heterocycles. The average Bonchev–Trinajstić information content (AvgIpc) is 2.63. The fraction of sp³-hybridized carbons (Fsp3) is 0.500. The molecule has 0 aliphatic carbocycles. The largest absolute Gasteiger partial charge is 0.480 e. The molecule has 0 spiro atoms. The standard InChI is InChI=1S/C8H11N3O2S/c9-6(7(12)13)3-5-4-11-2-1-10-8(11)14-5/h4,6H,1-3,9H2,(H,12,13). The summed E-state index contributed by atoms with van der Waals surface area (Å²) in [5.41, 5.74) is 5.43. The topological polar surface area (TPSA) is 78.9 Å². The molecule has 0 saturated carbocycles. The van der Waals surface area contributed by atoms with Crippen LogP contribution >= 0.6 is 11.8 Å². The molecule has 5 nitrogen and oxygen atoms in total. The molecule has 0 amide bonds. The maximum Gasteiger partial charge on any atom is 0.320 e. The highest BCUT2D eigenvalue weighted by Crippen LogP contribution is 2.33. The molecule has 0 saturated heterocycles. The van der Waals surface area contributed by atoms with Crippen molar-refractivity contribution >= 4 is 22.9 Å². The molecule has 0 aromatic rings. The van der Waals surface area contributed by atoms with E-state index in [4.69, 9.17) is 10.8 Å². The molecule has 3 N–H and O–H groups in total. The number of aliphatic imine (C=N–C) groups is 1. The van der Waals surface area contributed by atoms with Crippen molar-refractivity contribution in [2.75, 3.05) is 13.1 Å². The van der Waals surface area contributed by atoms with Crippen molar-refractivity contribution in [2.45, 2.75) is 12.5 Å². The maximum atomic E-state index is 10.5. The van der Waals surface area contributed by atoms with Crippen LogP contribution < -0.4 is 5.73 Å². The number of nitrogens with two attached hydrogens (primary N) is 1. The number of hydrogen-bond acceptors (Lipinski definition) is 5. The highest BCUT2D eigenvalue weighted by molar-refractivity contribution is 8.17. The van der Waals surface area contributed by atoms with Crippen molar-refractivity contribution in [3.05, 3.63) is 11.1 Å². The molecule has 1 atom stereocenters. The summed E-state index contributed by atoms with van der Waals surface area (Å²) in [7, 11) is 0. The first kappa shape index (κ1) is 9.54. The van der Waals surface area contributed by atoms with E-state index in [1.807, 2.05) is 11.1 Å². The van der Waals surface area contributed by atoms with Gasteiger partial charge in [-0.2, -0.15) is 0 Å². The Morgan fingerprint density at radius 3 is 3.29 bits per heavy atom. The van der Waals surface area contributed by atoms with E-state index in [0.29, 0.717) is 6.42 Å². The Morgan fingerprint density at radius 2 is 2.64 bits per heavy atom. The summed E-state index contributed by atoms with van der Waals surface area (Å²) in [5.74, 6) is -0.958. The number of thioether (sulfide) groups is 1. The van der Waals surface area contributed by atoms with Crippen LogP contribution in [0.2, 0.25) is 0 Å². The zero-order valence-electron chi connectivity index (χ0n) is 7.51. The van der Waals surface area contributed by atoms with Gasteiger partial charge in [0.15, 0.2) is 5.17 Å². The van der Waals surface area contributed by atoms with Crippen LogP contribution in [0.3, 0.4) is 0 Å². The molecule has 0 fully saturated rings. The third-order valence-corrected chi connectivity index (χ3v) is 3.17. The minimum absolute atomic E-state index is 0.384. The average molecular weight is 213 g/mol. The van der Waals surface area contributed by atoms with Crippen LogP contribution in [-0.4, -0.2) is 40.3 Å². The van der Waals surface area contributed by atoms with Crippen LogP contribution in [0.15, 0.2) is 16.1 Å². The Bertz CT molecular complexity index is 327. The number of carboxylic acids is 1. The van der Waals surface area contributed by atoms with Gasteiger partial charge in [0, 0.05) is 24.1 Å². The molecule has 0 aromatic carbocycles.